The molecule has 18 heavy (non-hydrogen) atoms. The third-order valence-electron chi connectivity index (χ3n) is 3.25. The first kappa shape index (κ1) is 13.8. The van der Waals surface area contributed by atoms with Gasteiger partial charge in [0.1, 0.15) is 0 Å². The highest BCUT2D eigenvalue weighted by Crippen LogP contribution is 2.33. The van der Waals surface area contributed by atoms with Gasteiger partial charge in [0.15, 0.2) is 0 Å². The number of rotatable bonds is 4. The monoisotopic (exact) mass is 323 g/mol. The van der Waals surface area contributed by atoms with Crippen molar-refractivity contribution in [1.82, 2.24) is 5.32 Å². The van der Waals surface area contributed by atoms with Gasteiger partial charge < -0.3 is 5.32 Å². The largest absolute Gasteiger partial charge is 0.312 e. The van der Waals surface area contributed by atoms with Crippen LogP contribution in [0.2, 0.25) is 0 Å². The molecule has 0 amide bonds. The van der Waals surface area contributed by atoms with Gasteiger partial charge in [0, 0.05) is 10.9 Å². The summed E-state index contributed by atoms with van der Waals surface area (Å²) in [6, 6.07) is 11.3. The summed E-state index contributed by atoms with van der Waals surface area (Å²) >= 11 is 5.43. The molecule has 96 valence electrons. The van der Waals surface area contributed by atoms with Crippen LogP contribution in [0.25, 0.3) is 0 Å². The van der Waals surface area contributed by atoms with E-state index in [2.05, 4.69) is 65.4 Å². The highest BCUT2D eigenvalue weighted by atomic mass is 79.9. The smallest absolute Gasteiger partial charge is 0.0731 e. The lowest BCUT2D eigenvalue weighted by molar-refractivity contribution is 0.600. The van der Waals surface area contributed by atoms with Gasteiger partial charge in [-0.05, 0) is 66.0 Å². The van der Waals surface area contributed by atoms with E-state index in [1.165, 1.54) is 25.4 Å². The standard InChI is InChI=1S/C15H18BrNS/c1-10-6-4-5-7-12(10)9-13(17-3)14-8-11(2)15(16)18-14/h4-8,13,17H,9H2,1-3H3. The van der Waals surface area contributed by atoms with Crippen LogP contribution >= 0.6 is 27.3 Å². The lowest BCUT2D eigenvalue weighted by atomic mass is 10.0. The Hall–Kier alpha value is -0.640. The van der Waals surface area contributed by atoms with Crippen LogP contribution in [0.3, 0.4) is 0 Å². The number of likely N-dealkylation sites (N-methyl/N-ethyl adjacent to an activating group) is 1. The zero-order valence-electron chi connectivity index (χ0n) is 11.0. The summed E-state index contributed by atoms with van der Waals surface area (Å²) < 4.78 is 1.24. The Morgan fingerprint density at radius 1 is 1.22 bits per heavy atom. The Morgan fingerprint density at radius 3 is 2.50 bits per heavy atom. The normalized spacial score (nSPS) is 12.7. The third kappa shape index (κ3) is 3.02. The Labute approximate surface area is 121 Å². The fourth-order valence-corrected chi connectivity index (χ4v) is 3.74. The lowest BCUT2D eigenvalue weighted by Gasteiger charge is -2.16. The Morgan fingerprint density at radius 2 is 1.94 bits per heavy atom. The van der Waals surface area contributed by atoms with E-state index in [-0.39, 0.29) is 0 Å². The molecule has 0 aliphatic rings. The minimum Gasteiger partial charge on any atom is -0.312 e. The van der Waals surface area contributed by atoms with Crippen LogP contribution in [0.5, 0.6) is 0 Å². The van der Waals surface area contributed by atoms with Crippen molar-refractivity contribution in [3.8, 4) is 0 Å². The van der Waals surface area contributed by atoms with Crippen molar-refractivity contribution in [3.05, 3.63) is 55.7 Å². The van der Waals surface area contributed by atoms with Crippen molar-refractivity contribution >= 4 is 27.3 Å². The highest BCUT2D eigenvalue weighted by Gasteiger charge is 2.14. The summed E-state index contributed by atoms with van der Waals surface area (Å²) in [5.41, 5.74) is 4.10. The fraction of sp³-hybridized carbons (Fsp3) is 0.333. The molecule has 0 aliphatic heterocycles. The molecule has 1 aromatic heterocycles. The summed E-state index contributed by atoms with van der Waals surface area (Å²) in [5.74, 6) is 0. The molecule has 1 nitrogen and oxygen atoms in total. The molecule has 0 fully saturated rings. The van der Waals surface area contributed by atoms with Crippen molar-refractivity contribution < 1.29 is 0 Å². The minimum absolute atomic E-state index is 0.390. The maximum Gasteiger partial charge on any atom is 0.0731 e. The van der Waals surface area contributed by atoms with Crippen LogP contribution < -0.4 is 5.32 Å². The predicted octanol–water partition coefficient (Wildman–Crippen LogP) is 4.63. The molecule has 1 atom stereocenters. The van der Waals surface area contributed by atoms with Gasteiger partial charge in [-0.15, -0.1) is 11.3 Å². The van der Waals surface area contributed by atoms with Crippen molar-refractivity contribution in [1.29, 1.82) is 0 Å². The topological polar surface area (TPSA) is 12.0 Å². The Balaban J connectivity index is 2.22. The number of hydrogen-bond acceptors (Lipinski definition) is 2. The average molecular weight is 324 g/mol. The molecule has 1 N–H and O–H groups in total. The van der Waals surface area contributed by atoms with E-state index in [9.17, 15) is 0 Å². The molecule has 1 heterocycles. The second-order valence-electron chi connectivity index (χ2n) is 4.58. The first-order chi connectivity index (χ1) is 8.61. The summed E-state index contributed by atoms with van der Waals surface area (Å²) in [6.45, 7) is 4.32. The van der Waals surface area contributed by atoms with Crippen LogP contribution in [0.15, 0.2) is 34.1 Å². The van der Waals surface area contributed by atoms with Crippen LogP contribution in [-0.4, -0.2) is 7.05 Å². The van der Waals surface area contributed by atoms with E-state index in [1.54, 1.807) is 0 Å². The van der Waals surface area contributed by atoms with Gasteiger partial charge in [-0.2, -0.15) is 0 Å². The third-order valence-corrected chi connectivity index (χ3v) is 5.50. The van der Waals surface area contributed by atoms with Crippen LogP contribution in [0.4, 0.5) is 0 Å². The lowest BCUT2D eigenvalue weighted by Crippen LogP contribution is -2.18. The molecule has 0 saturated carbocycles. The van der Waals surface area contributed by atoms with Gasteiger partial charge in [0.05, 0.1) is 3.79 Å². The van der Waals surface area contributed by atoms with Crippen molar-refractivity contribution in [2.75, 3.05) is 7.05 Å². The van der Waals surface area contributed by atoms with Gasteiger partial charge in [-0.3, -0.25) is 0 Å². The van der Waals surface area contributed by atoms with Crippen LogP contribution in [-0.2, 0) is 6.42 Å². The van der Waals surface area contributed by atoms with Gasteiger partial charge >= 0.3 is 0 Å². The molecule has 2 rings (SSSR count). The molecule has 0 spiro atoms. The number of hydrogen-bond donors (Lipinski definition) is 1. The summed E-state index contributed by atoms with van der Waals surface area (Å²) in [4.78, 5) is 1.39. The van der Waals surface area contributed by atoms with E-state index in [4.69, 9.17) is 0 Å². The predicted molar refractivity (Wildman–Crippen MR) is 83.4 cm³/mol. The molecular formula is C15H18BrNS. The summed E-state index contributed by atoms with van der Waals surface area (Å²) in [5, 5.41) is 3.42. The molecule has 0 saturated heterocycles. The van der Waals surface area contributed by atoms with E-state index < -0.39 is 0 Å². The highest BCUT2D eigenvalue weighted by molar-refractivity contribution is 9.11. The maximum atomic E-state index is 3.60. The summed E-state index contributed by atoms with van der Waals surface area (Å²) in [7, 11) is 2.03. The second-order valence-corrected chi connectivity index (χ2v) is 6.98. The first-order valence-corrected chi connectivity index (χ1v) is 7.70. The second kappa shape index (κ2) is 6.00. The van der Waals surface area contributed by atoms with Crippen molar-refractivity contribution in [3.63, 3.8) is 0 Å². The number of nitrogens with one attached hydrogen (secondary N) is 1. The van der Waals surface area contributed by atoms with Gasteiger partial charge in [0.2, 0.25) is 0 Å². The van der Waals surface area contributed by atoms with E-state index in [1.807, 2.05) is 18.4 Å². The molecule has 1 unspecified atom stereocenters. The number of halogens is 1. The van der Waals surface area contributed by atoms with Gasteiger partial charge in [0.25, 0.3) is 0 Å². The number of aryl methyl sites for hydroxylation is 2. The zero-order chi connectivity index (χ0) is 13.1. The molecular weight excluding hydrogens is 306 g/mol. The fourth-order valence-electron chi connectivity index (χ4n) is 2.06. The van der Waals surface area contributed by atoms with E-state index >= 15 is 0 Å². The molecule has 0 radical (unpaired) electrons. The number of thiophene rings is 1. The Bertz CT molecular complexity index is 514. The Kier molecular flexibility index (Phi) is 4.60. The molecule has 1 aromatic carbocycles. The van der Waals surface area contributed by atoms with Gasteiger partial charge in [-0.25, -0.2) is 0 Å². The quantitative estimate of drug-likeness (QED) is 0.864. The van der Waals surface area contributed by atoms with Crippen LogP contribution in [0, 0.1) is 13.8 Å². The van der Waals surface area contributed by atoms with Gasteiger partial charge in [-0.1, -0.05) is 24.3 Å². The molecule has 2 aromatic rings. The van der Waals surface area contributed by atoms with Crippen molar-refractivity contribution in [2.45, 2.75) is 26.3 Å². The molecule has 0 bridgehead atoms. The van der Waals surface area contributed by atoms with Crippen molar-refractivity contribution in [2.24, 2.45) is 0 Å². The number of benzene rings is 1. The summed E-state index contributed by atoms with van der Waals surface area (Å²) in [6.07, 6.45) is 1.04. The maximum absolute atomic E-state index is 3.60. The van der Waals surface area contributed by atoms with Crippen LogP contribution in [0.1, 0.15) is 27.6 Å². The SMILES string of the molecule is CNC(Cc1ccccc1C)c1cc(C)c(Br)s1. The minimum atomic E-state index is 0.390. The molecule has 0 aliphatic carbocycles. The van der Waals surface area contributed by atoms with E-state index in [0.717, 1.165) is 6.42 Å². The average Bonchev–Trinajstić information content (AvgIpc) is 2.68. The molecule has 3 heteroatoms. The first-order valence-electron chi connectivity index (χ1n) is 6.09. The van der Waals surface area contributed by atoms with E-state index in [0.29, 0.717) is 6.04 Å². The zero-order valence-corrected chi connectivity index (χ0v) is 13.4.